The van der Waals surface area contributed by atoms with Crippen molar-refractivity contribution in [3.8, 4) is 5.75 Å². The number of ketones is 2. The fourth-order valence-corrected chi connectivity index (χ4v) is 7.39. The predicted molar refractivity (Wildman–Crippen MR) is 168 cm³/mol. The number of carbonyl (C=O) groups is 3. The summed E-state index contributed by atoms with van der Waals surface area (Å²) < 4.78 is 5.46. The number of Topliss-reactive ketones (excluding diaryl/α,β-unsaturated/α-hetero) is 2. The van der Waals surface area contributed by atoms with E-state index in [2.05, 4.69) is 17.5 Å². The molecule has 0 aromatic heterocycles. The second-order valence-corrected chi connectivity index (χ2v) is 11.8. The van der Waals surface area contributed by atoms with E-state index >= 15 is 0 Å². The molecule has 4 aromatic carbocycles. The predicted octanol–water partition coefficient (Wildman–Crippen LogP) is 6.56. The first-order chi connectivity index (χ1) is 20.7. The molecule has 1 spiro atoms. The summed E-state index contributed by atoms with van der Waals surface area (Å²) in [6.45, 7) is 6.05. The molecular formula is C37H32N2O4. The van der Waals surface area contributed by atoms with Crippen LogP contribution < -0.4 is 15.0 Å². The lowest BCUT2D eigenvalue weighted by Gasteiger charge is -2.39. The van der Waals surface area contributed by atoms with Crippen LogP contribution in [0, 0.1) is 19.8 Å². The quantitative estimate of drug-likeness (QED) is 0.276. The molecule has 3 aliphatic rings. The van der Waals surface area contributed by atoms with E-state index in [-0.39, 0.29) is 17.5 Å². The molecule has 0 radical (unpaired) electrons. The highest BCUT2D eigenvalue weighted by Gasteiger charge is 2.70. The van der Waals surface area contributed by atoms with Crippen molar-refractivity contribution in [2.75, 3.05) is 17.3 Å². The Bertz CT molecular complexity index is 1860. The Balaban J connectivity index is 1.55. The SMILES string of the molecule is COc1cccc(C(=O)[C@@H]2[C@H](C(=O)c3ccc(C)cc3)N3c4ccc(C)cc4C(C)=C[C@@H]3[C@]23C(=O)Nc2ccccc23)c1. The number of para-hydroxylation sites is 1. The standard InChI is InChI=1S/C37H32N2O4/c1-21-12-15-24(16-13-21)35(41)33-32(34(40)25-8-7-9-26(20-25)43-4)37(28-10-5-6-11-29(28)38-36(37)42)31-19-23(3)27-18-22(2)14-17-30(27)39(31)33/h5-20,31-33H,1-4H3,(H,38,42)/t31-,32+,33-,37+/m1/s1. The zero-order chi connectivity index (χ0) is 30.0. The molecule has 0 saturated carbocycles. The fourth-order valence-electron chi connectivity index (χ4n) is 7.39. The molecule has 1 amide bonds. The van der Waals surface area contributed by atoms with Gasteiger partial charge in [0.1, 0.15) is 17.2 Å². The average Bonchev–Trinajstić information content (AvgIpc) is 3.49. The Kier molecular flexibility index (Phi) is 6.13. The van der Waals surface area contributed by atoms with E-state index in [0.717, 1.165) is 33.5 Å². The molecule has 1 N–H and O–H groups in total. The summed E-state index contributed by atoms with van der Waals surface area (Å²) in [7, 11) is 1.55. The van der Waals surface area contributed by atoms with Gasteiger partial charge in [0, 0.05) is 28.1 Å². The van der Waals surface area contributed by atoms with Crippen LogP contribution in [-0.4, -0.2) is 36.7 Å². The van der Waals surface area contributed by atoms with E-state index in [1.54, 1.807) is 31.4 Å². The van der Waals surface area contributed by atoms with Crippen LogP contribution in [-0.2, 0) is 10.2 Å². The fraction of sp³-hybridized carbons (Fsp3) is 0.216. The third-order valence-corrected chi connectivity index (χ3v) is 9.37. The van der Waals surface area contributed by atoms with E-state index in [1.807, 2.05) is 86.3 Å². The van der Waals surface area contributed by atoms with E-state index in [4.69, 9.17) is 4.74 Å². The van der Waals surface area contributed by atoms with Gasteiger partial charge < -0.3 is 15.0 Å². The van der Waals surface area contributed by atoms with Crippen LogP contribution >= 0.6 is 0 Å². The van der Waals surface area contributed by atoms with Gasteiger partial charge in [-0.05, 0) is 62.2 Å². The Labute approximate surface area is 251 Å². The molecule has 1 fully saturated rings. The molecule has 0 bridgehead atoms. The number of fused-ring (bicyclic) bond motifs is 6. The minimum atomic E-state index is -1.36. The van der Waals surface area contributed by atoms with E-state index < -0.39 is 23.4 Å². The van der Waals surface area contributed by atoms with Crippen molar-refractivity contribution in [1.29, 1.82) is 0 Å². The number of allylic oxidation sites excluding steroid dienone is 1. The lowest BCUT2D eigenvalue weighted by Crippen LogP contribution is -2.51. The van der Waals surface area contributed by atoms with Crippen LogP contribution in [0.3, 0.4) is 0 Å². The third kappa shape index (κ3) is 3.82. The van der Waals surface area contributed by atoms with E-state index in [1.165, 1.54) is 0 Å². The lowest BCUT2D eigenvalue weighted by atomic mass is 9.64. The number of carbonyl (C=O) groups excluding carboxylic acids is 3. The number of hydrogen-bond donors (Lipinski definition) is 1. The highest BCUT2D eigenvalue weighted by molar-refractivity contribution is 6.18. The molecule has 43 heavy (non-hydrogen) atoms. The van der Waals surface area contributed by atoms with Gasteiger partial charge in [-0.2, -0.15) is 0 Å². The molecule has 7 rings (SSSR count). The molecule has 4 atom stereocenters. The van der Waals surface area contributed by atoms with Crippen molar-refractivity contribution in [2.24, 2.45) is 5.92 Å². The molecule has 3 heterocycles. The van der Waals surface area contributed by atoms with Crippen LogP contribution in [0.15, 0.2) is 97.1 Å². The van der Waals surface area contributed by atoms with Crippen molar-refractivity contribution in [1.82, 2.24) is 0 Å². The van der Waals surface area contributed by atoms with Crippen molar-refractivity contribution >= 4 is 34.4 Å². The van der Waals surface area contributed by atoms with Crippen LogP contribution in [0.2, 0.25) is 0 Å². The number of amides is 1. The second-order valence-electron chi connectivity index (χ2n) is 11.8. The molecule has 4 aromatic rings. The summed E-state index contributed by atoms with van der Waals surface area (Å²) in [5, 5.41) is 3.09. The number of rotatable bonds is 5. The van der Waals surface area contributed by atoms with Gasteiger partial charge >= 0.3 is 0 Å². The van der Waals surface area contributed by atoms with Crippen LogP contribution in [0.1, 0.15) is 49.9 Å². The molecule has 1 saturated heterocycles. The van der Waals surface area contributed by atoms with Gasteiger partial charge in [-0.15, -0.1) is 0 Å². The van der Waals surface area contributed by atoms with E-state index in [0.29, 0.717) is 22.6 Å². The third-order valence-electron chi connectivity index (χ3n) is 9.37. The van der Waals surface area contributed by atoms with Crippen molar-refractivity contribution in [2.45, 2.75) is 38.3 Å². The Hall–Kier alpha value is -4.97. The smallest absolute Gasteiger partial charge is 0.238 e. The first-order valence-corrected chi connectivity index (χ1v) is 14.5. The number of nitrogens with one attached hydrogen (secondary N) is 1. The van der Waals surface area contributed by atoms with E-state index in [9.17, 15) is 14.4 Å². The molecule has 6 nitrogen and oxygen atoms in total. The van der Waals surface area contributed by atoms with Gasteiger partial charge in [-0.3, -0.25) is 14.4 Å². The lowest BCUT2D eigenvalue weighted by molar-refractivity contribution is -0.121. The zero-order valence-electron chi connectivity index (χ0n) is 24.5. The number of benzene rings is 4. The average molecular weight is 569 g/mol. The first kappa shape index (κ1) is 26.9. The zero-order valence-corrected chi connectivity index (χ0v) is 24.5. The number of hydrogen-bond acceptors (Lipinski definition) is 5. The summed E-state index contributed by atoms with van der Waals surface area (Å²) in [6, 6.07) is 26.6. The topological polar surface area (TPSA) is 75.7 Å². The normalized spacial score (nSPS) is 23.3. The number of nitrogens with zero attached hydrogens (tertiary/aromatic N) is 1. The molecule has 0 aliphatic carbocycles. The minimum absolute atomic E-state index is 0.195. The summed E-state index contributed by atoms with van der Waals surface area (Å²) >= 11 is 0. The summed E-state index contributed by atoms with van der Waals surface area (Å²) in [4.78, 5) is 46.4. The molecule has 6 heteroatoms. The van der Waals surface area contributed by atoms with Gasteiger partial charge in [0.25, 0.3) is 0 Å². The number of methoxy groups -OCH3 is 1. The maximum Gasteiger partial charge on any atom is 0.238 e. The number of ether oxygens (including phenoxy) is 1. The van der Waals surface area contributed by atoms with Gasteiger partial charge in [0.15, 0.2) is 11.6 Å². The van der Waals surface area contributed by atoms with Gasteiger partial charge in [0.2, 0.25) is 5.91 Å². The Morgan fingerprint density at radius 2 is 1.56 bits per heavy atom. The molecule has 3 aliphatic heterocycles. The van der Waals surface area contributed by atoms with Crippen molar-refractivity contribution in [3.05, 3.63) is 130 Å². The summed E-state index contributed by atoms with van der Waals surface area (Å²) in [5.41, 5.74) is 5.91. The summed E-state index contributed by atoms with van der Waals surface area (Å²) in [5.74, 6) is -1.24. The molecule has 0 unspecified atom stereocenters. The summed E-state index contributed by atoms with van der Waals surface area (Å²) in [6.07, 6.45) is 2.08. The number of aryl methyl sites for hydroxylation is 2. The first-order valence-electron chi connectivity index (χ1n) is 14.5. The number of anilines is 2. The van der Waals surface area contributed by atoms with Crippen LogP contribution in [0.4, 0.5) is 11.4 Å². The largest absolute Gasteiger partial charge is 0.497 e. The Morgan fingerprint density at radius 1 is 0.814 bits per heavy atom. The highest BCUT2D eigenvalue weighted by atomic mass is 16.5. The van der Waals surface area contributed by atoms with Gasteiger partial charge in [0.05, 0.1) is 19.1 Å². The van der Waals surface area contributed by atoms with Crippen LogP contribution in [0.5, 0.6) is 5.75 Å². The molecular weight excluding hydrogens is 536 g/mol. The van der Waals surface area contributed by atoms with Crippen molar-refractivity contribution < 1.29 is 19.1 Å². The maximum absolute atomic E-state index is 15.0. The maximum atomic E-state index is 15.0. The van der Waals surface area contributed by atoms with Crippen LogP contribution in [0.25, 0.3) is 5.57 Å². The highest BCUT2D eigenvalue weighted by Crippen LogP contribution is 2.59. The Morgan fingerprint density at radius 3 is 2.33 bits per heavy atom. The monoisotopic (exact) mass is 568 g/mol. The van der Waals surface area contributed by atoms with Gasteiger partial charge in [-0.1, -0.05) is 77.9 Å². The van der Waals surface area contributed by atoms with Gasteiger partial charge in [-0.25, -0.2) is 0 Å². The van der Waals surface area contributed by atoms with Crippen molar-refractivity contribution in [3.63, 3.8) is 0 Å². The molecule has 214 valence electrons. The second kappa shape index (κ2) is 9.80. The minimum Gasteiger partial charge on any atom is -0.497 e.